The molecule has 0 saturated carbocycles. The molecule has 0 aliphatic heterocycles. The summed E-state index contributed by atoms with van der Waals surface area (Å²) in [6.45, 7) is 0. The van der Waals surface area contributed by atoms with Crippen LogP contribution in [0.2, 0.25) is 0 Å². The van der Waals surface area contributed by atoms with E-state index in [1.54, 1.807) is 6.20 Å². The number of Topliss-reactive ketones (excluding diaryl/α,β-unsaturated/α-hetero) is 2. The van der Waals surface area contributed by atoms with Crippen LogP contribution in [-0.2, 0) is 0 Å². The summed E-state index contributed by atoms with van der Waals surface area (Å²) in [5.41, 5.74) is 2.49. The molecular weight excluding hydrogens is 543 g/mol. The van der Waals surface area contributed by atoms with Gasteiger partial charge < -0.3 is 0 Å². The van der Waals surface area contributed by atoms with Crippen LogP contribution in [0, 0.1) is 0 Å². The number of benzene rings is 1. The zero-order chi connectivity index (χ0) is 19.5. The number of rotatable bonds is 2. The monoisotopic (exact) mass is 558 g/mol. The van der Waals surface area contributed by atoms with Crippen molar-refractivity contribution >= 4 is 74.3 Å². The standard InChI is InChI=1S/C23H12N2O2SeTe/c26-22-17-7-14-11-28-12-15(14)8-18(17)23(27)19(22)9-16-1-2-21(29-16)25-6-4-13-3-5-24-10-20(13)25/h1-12H. The van der Waals surface area contributed by atoms with Crippen LogP contribution < -0.4 is 0 Å². The second kappa shape index (κ2) is 6.52. The van der Waals surface area contributed by atoms with E-state index in [4.69, 9.17) is 0 Å². The molecule has 0 bridgehead atoms. The molecule has 138 valence electrons. The number of ketones is 2. The second-order valence-corrected chi connectivity index (χ2v) is 11.6. The average Bonchev–Trinajstić information content (AvgIpc) is 3.50. The molecule has 6 rings (SSSR count). The van der Waals surface area contributed by atoms with E-state index < -0.39 is 20.4 Å². The van der Waals surface area contributed by atoms with E-state index in [0.29, 0.717) is 31.2 Å². The van der Waals surface area contributed by atoms with Gasteiger partial charge in [-0.15, -0.1) is 0 Å². The summed E-state index contributed by atoms with van der Waals surface area (Å²) in [7, 11) is 0. The number of allylic oxidation sites excluding steroid dienone is 1. The molecule has 1 aromatic carbocycles. The summed E-state index contributed by atoms with van der Waals surface area (Å²) in [5, 5.41) is 3.31. The Balaban J connectivity index is 1.41. The third-order valence-corrected chi connectivity index (χ3v) is 9.80. The molecule has 5 aromatic rings. The molecule has 29 heavy (non-hydrogen) atoms. The van der Waals surface area contributed by atoms with Crippen LogP contribution >= 0.6 is 0 Å². The summed E-state index contributed by atoms with van der Waals surface area (Å²) in [6, 6.07) is 12.0. The van der Waals surface area contributed by atoms with Crippen molar-refractivity contribution in [2.75, 3.05) is 0 Å². The van der Waals surface area contributed by atoms with Crippen molar-refractivity contribution in [3.05, 3.63) is 85.1 Å². The number of carbonyl (C=O) groups excluding carboxylic acids is 2. The van der Waals surface area contributed by atoms with Crippen LogP contribution in [0.1, 0.15) is 24.3 Å². The van der Waals surface area contributed by atoms with E-state index in [9.17, 15) is 9.59 Å². The Morgan fingerprint density at radius 1 is 0.931 bits per heavy atom. The molecule has 0 atom stereocenters. The molecule has 4 nitrogen and oxygen atoms in total. The zero-order valence-corrected chi connectivity index (χ0v) is 19.0. The molecule has 1 aliphatic carbocycles. The van der Waals surface area contributed by atoms with Gasteiger partial charge in [0.1, 0.15) is 0 Å². The Hall–Kier alpha value is -2.48. The molecular formula is C23H12N2O2SeTe. The van der Waals surface area contributed by atoms with Crippen LogP contribution in [0.5, 0.6) is 0 Å². The Morgan fingerprint density at radius 2 is 1.69 bits per heavy atom. The van der Waals surface area contributed by atoms with Gasteiger partial charge in [0.2, 0.25) is 0 Å². The summed E-state index contributed by atoms with van der Waals surface area (Å²) in [5.74, 6) is -0.281. The van der Waals surface area contributed by atoms with Crippen molar-refractivity contribution in [2.24, 2.45) is 0 Å². The molecule has 0 amide bonds. The second-order valence-electron chi connectivity index (χ2n) is 6.91. The first-order valence-electron chi connectivity index (χ1n) is 9.01. The summed E-state index contributed by atoms with van der Waals surface area (Å²) < 4.78 is 4.48. The van der Waals surface area contributed by atoms with Crippen molar-refractivity contribution < 1.29 is 9.59 Å². The fourth-order valence-corrected chi connectivity index (χ4v) is 8.10. The summed E-state index contributed by atoms with van der Waals surface area (Å²) in [4.78, 5) is 34.4. The Kier molecular flexibility index (Phi) is 3.91. The molecule has 0 fully saturated rings. The SMILES string of the molecule is O=C1C(=Cc2ccc(-n3ccc4ccncc43)[te]2)C(=O)c2cc3c[se]cc3cc21. The Bertz CT molecular complexity index is 1450. The zero-order valence-electron chi connectivity index (χ0n) is 15.0. The van der Waals surface area contributed by atoms with E-state index in [1.807, 2.05) is 36.5 Å². The van der Waals surface area contributed by atoms with Gasteiger partial charge in [-0.05, 0) is 0 Å². The third kappa shape index (κ3) is 2.68. The van der Waals surface area contributed by atoms with Gasteiger partial charge in [-0.2, -0.15) is 0 Å². The molecule has 0 N–H and O–H groups in total. The van der Waals surface area contributed by atoms with Gasteiger partial charge in [0.25, 0.3) is 0 Å². The van der Waals surface area contributed by atoms with Crippen LogP contribution in [-0.4, -0.2) is 56.1 Å². The number of fused-ring (bicyclic) bond motifs is 3. The fraction of sp³-hybridized carbons (Fsp3) is 0. The third-order valence-electron chi connectivity index (χ3n) is 5.22. The molecule has 0 radical (unpaired) electrons. The van der Waals surface area contributed by atoms with E-state index in [2.05, 4.69) is 37.8 Å². The summed E-state index contributed by atoms with van der Waals surface area (Å²) in [6.07, 6.45) is 7.55. The number of aromatic nitrogens is 2. The topological polar surface area (TPSA) is 52.0 Å². The van der Waals surface area contributed by atoms with Gasteiger partial charge in [0.15, 0.2) is 0 Å². The predicted molar refractivity (Wildman–Crippen MR) is 116 cm³/mol. The minimum atomic E-state index is -0.699. The van der Waals surface area contributed by atoms with E-state index in [1.165, 1.54) is 3.70 Å². The molecule has 4 heterocycles. The van der Waals surface area contributed by atoms with E-state index in [-0.39, 0.29) is 11.6 Å². The van der Waals surface area contributed by atoms with Gasteiger partial charge in [-0.25, -0.2) is 0 Å². The van der Waals surface area contributed by atoms with Crippen molar-refractivity contribution in [3.63, 3.8) is 0 Å². The van der Waals surface area contributed by atoms with Crippen LogP contribution in [0.4, 0.5) is 0 Å². The molecule has 0 spiro atoms. The van der Waals surface area contributed by atoms with Gasteiger partial charge in [-0.1, -0.05) is 0 Å². The Labute approximate surface area is 181 Å². The maximum atomic E-state index is 12.9. The van der Waals surface area contributed by atoms with Gasteiger partial charge in [-0.3, -0.25) is 0 Å². The van der Waals surface area contributed by atoms with Crippen LogP contribution in [0.3, 0.4) is 0 Å². The first kappa shape index (κ1) is 17.4. The molecule has 4 aromatic heterocycles. The Morgan fingerprint density at radius 3 is 2.45 bits per heavy atom. The van der Waals surface area contributed by atoms with Crippen molar-refractivity contribution in [3.8, 4) is 3.70 Å². The van der Waals surface area contributed by atoms with Gasteiger partial charge >= 0.3 is 182 Å². The quantitative estimate of drug-likeness (QED) is 0.190. The normalized spacial score (nSPS) is 13.6. The van der Waals surface area contributed by atoms with Crippen molar-refractivity contribution in [1.82, 2.24) is 9.55 Å². The molecule has 1 aliphatic rings. The van der Waals surface area contributed by atoms with Crippen LogP contribution in [0.25, 0.3) is 31.5 Å². The summed E-state index contributed by atoms with van der Waals surface area (Å²) >= 11 is -0.377. The molecule has 0 unspecified atom stereocenters. The maximum absolute atomic E-state index is 12.9. The number of pyridine rings is 1. The average molecular weight is 555 g/mol. The number of nitrogens with zero attached hydrogens (tertiary/aromatic N) is 2. The molecule has 6 heteroatoms. The fourth-order valence-electron chi connectivity index (χ4n) is 3.78. The van der Waals surface area contributed by atoms with Gasteiger partial charge in [0, 0.05) is 0 Å². The van der Waals surface area contributed by atoms with Gasteiger partial charge in [0.05, 0.1) is 0 Å². The first-order chi connectivity index (χ1) is 14.2. The van der Waals surface area contributed by atoms with Crippen molar-refractivity contribution in [1.29, 1.82) is 0 Å². The van der Waals surface area contributed by atoms with Crippen molar-refractivity contribution in [2.45, 2.75) is 0 Å². The molecule has 0 saturated heterocycles. The van der Waals surface area contributed by atoms with E-state index in [0.717, 1.165) is 25.3 Å². The van der Waals surface area contributed by atoms with E-state index >= 15 is 0 Å². The van der Waals surface area contributed by atoms with Crippen LogP contribution in [0.15, 0.2) is 70.4 Å². The predicted octanol–water partition coefficient (Wildman–Crippen LogP) is 3.76. The number of hydrogen-bond donors (Lipinski definition) is 0. The number of hydrogen-bond acceptors (Lipinski definition) is 3. The number of carbonyl (C=O) groups is 2. The first-order valence-corrected chi connectivity index (χ1v) is 13.3. The minimum absolute atomic E-state index is 0.141.